The minimum absolute atomic E-state index is 0.00396. The molecule has 1 fully saturated rings. The number of benzene rings is 2. The molecule has 4 rings (SSSR count). The zero-order valence-electron chi connectivity index (χ0n) is 16.6. The number of phenolic OH excluding ortho intramolecular Hbond substituents is 1. The van der Waals surface area contributed by atoms with Crippen molar-refractivity contribution in [3.8, 4) is 11.5 Å². The van der Waals surface area contributed by atoms with Gasteiger partial charge in [-0.05, 0) is 23.8 Å². The van der Waals surface area contributed by atoms with Crippen molar-refractivity contribution in [2.24, 2.45) is 0 Å². The van der Waals surface area contributed by atoms with Crippen molar-refractivity contribution in [3.63, 3.8) is 0 Å². The molecule has 0 aromatic heterocycles. The van der Waals surface area contributed by atoms with Crippen molar-refractivity contribution in [2.45, 2.75) is 38.3 Å². The van der Waals surface area contributed by atoms with Crippen LogP contribution in [0.2, 0.25) is 0 Å². The first-order chi connectivity index (χ1) is 13.9. The molecule has 29 heavy (non-hydrogen) atoms. The molecule has 0 saturated carbocycles. The van der Waals surface area contributed by atoms with Crippen LogP contribution < -0.4 is 4.74 Å². The van der Waals surface area contributed by atoms with Crippen LogP contribution >= 0.6 is 0 Å². The Morgan fingerprint density at radius 3 is 2.55 bits per heavy atom. The first-order valence-electron chi connectivity index (χ1n) is 10.0. The van der Waals surface area contributed by atoms with Gasteiger partial charge in [-0.15, -0.1) is 0 Å². The van der Waals surface area contributed by atoms with E-state index in [0.717, 1.165) is 16.9 Å². The third-order valence-corrected chi connectivity index (χ3v) is 5.88. The number of para-hydroxylation sites is 1. The van der Waals surface area contributed by atoms with Crippen LogP contribution in [0.5, 0.6) is 11.5 Å². The number of aromatic hydroxyl groups is 1. The summed E-state index contributed by atoms with van der Waals surface area (Å²) in [4.78, 5) is 28.6. The SMILES string of the molecule is CC(=O)N1CCC2(CC1)CN(C(=O)Cc1cccc(O)c1)Cc1ccccc1O2. The largest absolute Gasteiger partial charge is 0.508 e. The first kappa shape index (κ1) is 19.3. The molecule has 1 spiro atoms. The number of fused-ring (bicyclic) bond motifs is 1. The van der Waals surface area contributed by atoms with Gasteiger partial charge in [-0.1, -0.05) is 30.3 Å². The second kappa shape index (κ2) is 7.78. The van der Waals surface area contributed by atoms with E-state index in [1.165, 1.54) is 0 Å². The molecule has 1 N–H and O–H groups in total. The second-order valence-electron chi connectivity index (χ2n) is 8.00. The Labute approximate surface area is 170 Å². The van der Waals surface area contributed by atoms with Gasteiger partial charge in [-0.25, -0.2) is 0 Å². The van der Waals surface area contributed by atoms with Crippen LogP contribution in [0.25, 0.3) is 0 Å². The maximum Gasteiger partial charge on any atom is 0.227 e. The topological polar surface area (TPSA) is 70.1 Å². The Morgan fingerprint density at radius 2 is 1.83 bits per heavy atom. The van der Waals surface area contributed by atoms with E-state index in [4.69, 9.17) is 4.74 Å². The summed E-state index contributed by atoms with van der Waals surface area (Å²) in [5, 5.41) is 9.70. The van der Waals surface area contributed by atoms with Crippen molar-refractivity contribution >= 4 is 11.8 Å². The summed E-state index contributed by atoms with van der Waals surface area (Å²) in [6, 6.07) is 14.7. The van der Waals surface area contributed by atoms with Gasteiger partial charge >= 0.3 is 0 Å². The summed E-state index contributed by atoms with van der Waals surface area (Å²) in [7, 11) is 0. The number of piperidine rings is 1. The van der Waals surface area contributed by atoms with Crippen LogP contribution in [-0.2, 0) is 22.6 Å². The first-order valence-corrected chi connectivity index (χ1v) is 10.0. The van der Waals surface area contributed by atoms with E-state index in [-0.39, 0.29) is 24.0 Å². The Morgan fingerprint density at radius 1 is 1.07 bits per heavy atom. The van der Waals surface area contributed by atoms with Crippen molar-refractivity contribution < 1.29 is 19.4 Å². The van der Waals surface area contributed by atoms with Gasteiger partial charge in [-0.3, -0.25) is 9.59 Å². The number of amides is 2. The monoisotopic (exact) mass is 394 g/mol. The minimum Gasteiger partial charge on any atom is -0.508 e. The molecule has 6 nitrogen and oxygen atoms in total. The predicted molar refractivity (Wildman–Crippen MR) is 109 cm³/mol. The highest BCUT2D eigenvalue weighted by Gasteiger charge is 2.42. The lowest BCUT2D eigenvalue weighted by molar-refractivity contribution is -0.138. The third kappa shape index (κ3) is 4.21. The van der Waals surface area contributed by atoms with E-state index in [1.807, 2.05) is 40.1 Å². The van der Waals surface area contributed by atoms with Crippen LogP contribution in [-0.4, -0.2) is 52.0 Å². The number of hydrogen-bond acceptors (Lipinski definition) is 4. The Kier molecular flexibility index (Phi) is 5.18. The number of ether oxygens (including phenoxy) is 1. The Bertz CT molecular complexity index is 919. The van der Waals surface area contributed by atoms with Gasteiger partial charge in [0.25, 0.3) is 0 Å². The van der Waals surface area contributed by atoms with Gasteiger partial charge < -0.3 is 19.6 Å². The zero-order chi connectivity index (χ0) is 20.4. The Balaban J connectivity index is 1.58. The standard InChI is InChI=1S/C23H26N2O4/c1-17(26)24-11-9-23(10-12-24)16-25(15-19-6-2-3-8-21(19)29-23)22(28)14-18-5-4-7-20(27)13-18/h2-8,13,27H,9-12,14-16H2,1H3. The molecule has 2 aliphatic rings. The maximum absolute atomic E-state index is 13.2. The molecule has 2 heterocycles. The summed E-state index contributed by atoms with van der Waals surface area (Å²) in [6.07, 6.45) is 1.61. The molecule has 0 radical (unpaired) electrons. The molecule has 6 heteroatoms. The average Bonchev–Trinajstić information content (AvgIpc) is 2.85. The number of carbonyl (C=O) groups is 2. The van der Waals surface area contributed by atoms with Crippen LogP contribution in [0, 0.1) is 0 Å². The van der Waals surface area contributed by atoms with E-state index >= 15 is 0 Å². The van der Waals surface area contributed by atoms with E-state index in [1.54, 1.807) is 25.1 Å². The summed E-state index contributed by atoms with van der Waals surface area (Å²) < 4.78 is 6.49. The molecular formula is C23H26N2O4. The van der Waals surface area contributed by atoms with Crippen LogP contribution in [0.1, 0.15) is 30.9 Å². The van der Waals surface area contributed by atoms with E-state index < -0.39 is 5.60 Å². The number of nitrogens with zero attached hydrogens (tertiary/aromatic N) is 2. The third-order valence-electron chi connectivity index (χ3n) is 5.88. The molecule has 0 unspecified atom stereocenters. The highest BCUT2D eigenvalue weighted by molar-refractivity contribution is 5.79. The molecule has 0 atom stereocenters. The van der Waals surface area contributed by atoms with E-state index in [0.29, 0.717) is 39.0 Å². The van der Waals surface area contributed by atoms with Gasteiger partial charge in [0.1, 0.15) is 17.1 Å². The van der Waals surface area contributed by atoms with Gasteiger partial charge in [0, 0.05) is 45.0 Å². The summed E-state index contributed by atoms with van der Waals surface area (Å²) in [5.41, 5.74) is 1.28. The molecule has 152 valence electrons. The maximum atomic E-state index is 13.2. The molecule has 0 aliphatic carbocycles. The lowest BCUT2D eigenvalue weighted by Gasteiger charge is -2.42. The van der Waals surface area contributed by atoms with Gasteiger partial charge in [0.2, 0.25) is 11.8 Å². The zero-order valence-corrected chi connectivity index (χ0v) is 16.6. The molecular weight excluding hydrogens is 368 g/mol. The number of phenols is 1. The van der Waals surface area contributed by atoms with Crippen LogP contribution in [0.4, 0.5) is 0 Å². The summed E-state index contributed by atoms with van der Waals surface area (Å²) in [6.45, 7) is 3.83. The molecule has 0 bridgehead atoms. The van der Waals surface area contributed by atoms with E-state index in [9.17, 15) is 14.7 Å². The Hall–Kier alpha value is -3.02. The quantitative estimate of drug-likeness (QED) is 0.850. The van der Waals surface area contributed by atoms with Crippen molar-refractivity contribution in [2.75, 3.05) is 19.6 Å². The minimum atomic E-state index is -0.493. The molecule has 1 saturated heterocycles. The average molecular weight is 394 g/mol. The molecule has 2 amide bonds. The second-order valence-corrected chi connectivity index (χ2v) is 8.00. The highest BCUT2D eigenvalue weighted by atomic mass is 16.5. The fourth-order valence-electron chi connectivity index (χ4n) is 4.23. The predicted octanol–water partition coefficient (Wildman–Crippen LogP) is 2.74. The van der Waals surface area contributed by atoms with Crippen molar-refractivity contribution in [1.82, 2.24) is 9.80 Å². The molecule has 2 aromatic rings. The normalized spacial score (nSPS) is 18.0. The van der Waals surface area contributed by atoms with Crippen molar-refractivity contribution in [3.05, 3.63) is 59.7 Å². The number of carbonyl (C=O) groups excluding carboxylic acids is 2. The van der Waals surface area contributed by atoms with Gasteiger partial charge in [0.05, 0.1) is 13.0 Å². The van der Waals surface area contributed by atoms with Crippen molar-refractivity contribution in [1.29, 1.82) is 0 Å². The number of likely N-dealkylation sites (tertiary alicyclic amines) is 1. The van der Waals surface area contributed by atoms with Gasteiger partial charge in [0.15, 0.2) is 0 Å². The summed E-state index contributed by atoms with van der Waals surface area (Å²) >= 11 is 0. The molecule has 2 aromatic carbocycles. The number of hydrogen-bond donors (Lipinski definition) is 1. The van der Waals surface area contributed by atoms with Crippen LogP contribution in [0.3, 0.4) is 0 Å². The van der Waals surface area contributed by atoms with E-state index in [2.05, 4.69) is 0 Å². The lowest BCUT2D eigenvalue weighted by Crippen LogP contribution is -2.55. The lowest BCUT2D eigenvalue weighted by atomic mass is 9.90. The molecule has 2 aliphatic heterocycles. The fraction of sp³-hybridized carbons (Fsp3) is 0.391. The highest BCUT2D eigenvalue weighted by Crippen LogP contribution is 2.35. The smallest absolute Gasteiger partial charge is 0.227 e. The number of rotatable bonds is 2. The van der Waals surface area contributed by atoms with Gasteiger partial charge in [-0.2, -0.15) is 0 Å². The fourth-order valence-corrected chi connectivity index (χ4v) is 4.23. The van der Waals surface area contributed by atoms with Crippen LogP contribution in [0.15, 0.2) is 48.5 Å². The summed E-state index contributed by atoms with van der Waals surface area (Å²) in [5.74, 6) is 1.05.